The highest BCUT2D eigenvalue weighted by molar-refractivity contribution is 5.52. The SMILES string of the molecule is COc1cc(OC)c(C(O)CNCC(C)C)c(OC)c1. The quantitative estimate of drug-likeness (QED) is 0.764. The van der Waals surface area contributed by atoms with Crippen molar-refractivity contribution in [1.29, 1.82) is 0 Å². The maximum atomic E-state index is 10.4. The fourth-order valence-electron chi connectivity index (χ4n) is 1.97. The number of rotatable bonds is 8. The van der Waals surface area contributed by atoms with Gasteiger partial charge in [-0.2, -0.15) is 0 Å². The lowest BCUT2D eigenvalue weighted by Gasteiger charge is -2.20. The molecule has 0 radical (unpaired) electrons. The Morgan fingerprint density at radius 1 is 1.00 bits per heavy atom. The first-order chi connectivity index (χ1) is 9.53. The molecule has 0 amide bonds. The first-order valence-corrected chi connectivity index (χ1v) is 6.72. The topological polar surface area (TPSA) is 60.0 Å². The summed E-state index contributed by atoms with van der Waals surface area (Å²) in [5.74, 6) is 2.27. The predicted octanol–water partition coefficient (Wildman–Crippen LogP) is 1.99. The fraction of sp³-hybridized carbons (Fsp3) is 0.600. The predicted molar refractivity (Wildman–Crippen MR) is 78.8 cm³/mol. The van der Waals surface area contributed by atoms with Crippen molar-refractivity contribution in [3.8, 4) is 17.2 Å². The second-order valence-electron chi connectivity index (χ2n) is 5.01. The minimum atomic E-state index is -0.704. The lowest BCUT2D eigenvalue weighted by molar-refractivity contribution is 0.164. The Hall–Kier alpha value is -1.46. The average Bonchev–Trinajstić information content (AvgIpc) is 2.44. The van der Waals surface area contributed by atoms with Crippen LogP contribution in [0.3, 0.4) is 0 Å². The molecule has 0 bridgehead atoms. The van der Waals surface area contributed by atoms with E-state index in [1.165, 1.54) is 0 Å². The number of hydrogen-bond donors (Lipinski definition) is 2. The lowest BCUT2D eigenvalue weighted by atomic mass is 10.1. The smallest absolute Gasteiger partial charge is 0.132 e. The number of aliphatic hydroxyl groups is 1. The number of benzene rings is 1. The summed E-state index contributed by atoms with van der Waals surface area (Å²) >= 11 is 0. The van der Waals surface area contributed by atoms with Gasteiger partial charge in [-0.3, -0.25) is 0 Å². The second kappa shape index (κ2) is 7.97. The highest BCUT2D eigenvalue weighted by atomic mass is 16.5. The summed E-state index contributed by atoms with van der Waals surface area (Å²) in [6.45, 7) is 5.52. The van der Waals surface area contributed by atoms with E-state index in [2.05, 4.69) is 19.2 Å². The molecule has 1 aromatic carbocycles. The van der Waals surface area contributed by atoms with E-state index in [0.29, 0.717) is 35.3 Å². The minimum absolute atomic E-state index is 0.442. The Labute approximate surface area is 120 Å². The molecular formula is C15H25NO4. The van der Waals surface area contributed by atoms with Crippen molar-refractivity contribution in [2.75, 3.05) is 34.4 Å². The lowest BCUT2D eigenvalue weighted by Crippen LogP contribution is -2.25. The monoisotopic (exact) mass is 283 g/mol. The van der Waals surface area contributed by atoms with E-state index < -0.39 is 6.10 Å². The van der Waals surface area contributed by atoms with Crippen LogP contribution in [0.2, 0.25) is 0 Å². The Bertz CT molecular complexity index is 395. The number of ether oxygens (including phenoxy) is 3. The van der Waals surface area contributed by atoms with Crippen LogP contribution in [0, 0.1) is 5.92 Å². The molecule has 0 saturated carbocycles. The van der Waals surface area contributed by atoms with Gasteiger partial charge in [0.15, 0.2) is 0 Å². The van der Waals surface area contributed by atoms with Crippen LogP contribution in [0.15, 0.2) is 12.1 Å². The summed E-state index contributed by atoms with van der Waals surface area (Å²) in [4.78, 5) is 0. The van der Waals surface area contributed by atoms with Crippen molar-refractivity contribution < 1.29 is 19.3 Å². The standard InChI is InChI=1S/C15H25NO4/c1-10(2)8-16-9-12(17)15-13(19-4)6-11(18-3)7-14(15)20-5/h6-7,10,12,16-17H,8-9H2,1-5H3. The van der Waals surface area contributed by atoms with Crippen LogP contribution < -0.4 is 19.5 Å². The maximum Gasteiger partial charge on any atom is 0.132 e. The van der Waals surface area contributed by atoms with Gasteiger partial charge in [0.25, 0.3) is 0 Å². The van der Waals surface area contributed by atoms with Gasteiger partial charge in [0, 0.05) is 18.7 Å². The van der Waals surface area contributed by atoms with Gasteiger partial charge in [0.2, 0.25) is 0 Å². The van der Waals surface area contributed by atoms with Gasteiger partial charge in [0.1, 0.15) is 17.2 Å². The Morgan fingerprint density at radius 3 is 1.95 bits per heavy atom. The van der Waals surface area contributed by atoms with Crippen molar-refractivity contribution in [1.82, 2.24) is 5.32 Å². The first-order valence-electron chi connectivity index (χ1n) is 6.72. The number of nitrogens with one attached hydrogen (secondary N) is 1. The van der Waals surface area contributed by atoms with Crippen molar-refractivity contribution in [3.63, 3.8) is 0 Å². The molecule has 0 aliphatic carbocycles. The van der Waals surface area contributed by atoms with Gasteiger partial charge in [-0.05, 0) is 12.5 Å². The van der Waals surface area contributed by atoms with Gasteiger partial charge in [-0.15, -0.1) is 0 Å². The Kier molecular flexibility index (Phi) is 6.61. The third-order valence-corrected chi connectivity index (χ3v) is 2.98. The summed E-state index contributed by atoms with van der Waals surface area (Å²) in [6, 6.07) is 3.48. The van der Waals surface area contributed by atoms with Crippen LogP contribution in [0.25, 0.3) is 0 Å². The molecule has 20 heavy (non-hydrogen) atoms. The molecule has 0 heterocycles. The van der Waals surface area contributed by atoms with Crippen molar-refractivity contribution in [2.45, 2.75) is 20.0 Å². The van der Waals surface area contributed by atoms with Crippen LogP contribution in [-0.4, -0.2) is 39.5 Å². The van der Waals surface area contributed by atoms with Crippen LogP contribution in [-0.2, 0) is 0 Å². The van der Waals surface area contributed by atoms with Crippen LogP contribution in [0.1, 0.15) is 25.5 Å². The summed E-state index contributed by atoms with van der Waals surface area (Å²) in [7, 11) is 4.70. The number of hydrogen-bond acceptors (Lipinski definition) is 5. The Morgan fingerprint density at radius 2 is 1.55 bits per heavy atom. The summed E-state index contributed by atoms with van der Waals surface area (Å²) in [5, 5.41) is 13.6. The van der Waals surface area contributed by atoms with E-state index in [1.807, 2.05) is 0 Å². The van der Waals surface area contributed by atoms with E-state index >= 15 is 0 Å². The zero-order valence-corrected chi connectivity index (χ0v) is 12.9. The van der Waals surface area contributed by atoms with Crippen LogP contribution in [0.4, 0.5) is 0 Å². The van der Waals surface area contributed by atoms with Gasteiger partial charge >= 0.3 is 0 Å². The van der Waals surface area contributed by atoms with E-state index in [-0.39, 0.29) is 0 Å². The van der Waals surface area contributed by atoms with Crippen LogP contribution in [0.5, 0.6) is 17.2 Å². The molecule has 0 spiro atoms. The van der Waals surface area contributed by atoms with Gasteiger partial charge in [-0.1, -0.05) is 13.8 Å². The molecule has 0 aliphatic heterocycles. The van der Waals surface area contributed by atoms with Gasteiger partial charge in [0.05, 0.1) is 33.0 Å². The minimum Gasteiger partial charge on any atom is -0.496 e. The van der Waals surface area contributed by atoms with Crippen molar-refractivity contribution in [3.05, 3.63) is 17.7 Å². The average molecular weight is 283 g/mol. The largest absolute Gasteiger partial charge is 0.496 e. The number of methoxy groups -OCH3 is 3. The maximum absolute atomic E-state index is 10.4. The van der Waals surface area contributed by atoms with Gasteiger partial charge in [-0.25, -0.2) is 0 Å². The summed E-state index contributed by atoms with van der Waals surface area (Å²) < 4.78 is 15.9. The molecule has 114 valence electrons. The molecule has 1 aromatic rings. The fourth-order valence-corrected chi connectivity index (χ4v) is 1.97. The molecular weight excluding hydrogens is 258 g/mol. The number of aliphatic hydroxyl groups excluding tert-OH is 1. The molecule has 5 heteroatoms. The van der Waals surface area contributed by atoms with Crippen molar-refractivity contribution in [2.24, 2.45) is 5.92 Å². The van der Waals surface area contributed by atoms with Gasteiger partial charge < -0.3 is 24.6 Å². The highest BCUT2D eigenvalue weighted by Crippen LogP contribution is 2.38. The van der Waals surface area contributed by atoms with E-state index in [9.17, 15) is 5.11 Å². The summed E-state index contributed by atoms with van der Waals surface area (Å²) in [6.07, 6.45) is -0.704. The zero-order valence-electron chi connectivity index (χ0n) is 12.9. The highest BCUT2D eigenvalue weighted by Gasteiger charge is 2.20. The van der Waals surface area contributed by atoms with E-state index in [0.717, 1.165) is 6.54 Å². The second-order valence-corrected chi connectivity index (χ2v) is 5.01. The molecule has 2 N–H and O–H groups in total. The molecule has 1 unspecified atom stereocenters. The molecule has 0 aliphatic rings. The molecule has 1 rings (SSSR count). The third kappa shape index (κ3) is 4.28. The molecule has 0 aromatic heterocycles. The van der Waals surface area contributed by atoms with Crippen LogP contribution >= 0.6 is 0 Å². The summed E-state index contributed by atoms with van der Waals surface area (Å²) in [5.41, 5.74) is 0.632. The van der Waals surface area contributed by atoms with E-state index in [1.54, 1.807) is 33.5 Å². The molecule has 1 atom stereocenters. The molecule has 0 fully saturated rings. The zero-order chi connectivity index (χ0) is 15.1. The normalized spacial score (nSPS) is 12.3. The molecule has 5 nitrogen and oxygen atoms in total. The Balaban J connectivity index is 2.96. The molecule has 0 saturated heterocycles. The van der Waals surface area contributed by atoms with E-state index in [4.69, 9.17) is 14.2 Å². The third-order valence-electron chi connectivity index (χ3n) is 2.98. The first kappa shape index (κ1) is 16.6. The van der Waals surface area contributed by atoms with Crippen molar-refractivity contribution >= 4 is 0 Å².